The average molecular weight is 418 g/mol. The first-order valence-corrected chi connectivity index (χ1v) is 9.28. The molecule has 0 radical (unpaired) electrons. The van der Waals surface area contributed by atoms with Gasteiger partial charge < -0.3 is 14.9 Å². The van der Waals surface area contributed by atoms with Crippen molar-refractivity contribution in [3.8, 4) is 0 Å². The molecule has 6 heteroatoms. The third-order valence-corrected chi connectivity index (χ3v) is 5.40. The molecule has 2 unspecified atom stereocenters. The van der Waals surface area contributed by atoms with Gasteiger partial charge in [0.1, 0.15) is 12.7 Å². The number of hydrogen-bond acceptors (Lipinski definition) is 4. The minimum absolute atomic E-state index is 0.114. The van der Waals surface area contributed by atoms with Crippen molar-refractivity contribution in [1.29, 1.82) is 0 Å². The van der Waals surface area contributed by atoms with Gasteiger partial charge in [-0.25, -0.2) is 0 Å². The van der Waals surface area contributed by atoms with Crippen LogP contribution in [0, 0.1) is 0 Å². The van der Waals surface area contributed by atoms with Crippen molar-refractivity contribution in [2.75, 3.05) is 18.5 Å². The summed E-state index contributed by atoms with van der Waals surface area (Å²) < 4.78 is 4.82. The number of rotatable bonds is 13. The number of alkyl halides is 2. The van der Waals surface area contributed by atoms with Gasteiger partial charge in [0.2, 0.25) is 0 Å². The van der Waals surface area contributed by atoms with E-state index in [1.54, 1.807) is 0 Å². The highest BCUT2D eigenvalue weighted by atomic mass is 79.9. The lowest BCUT2D eigenvalue weighted by Gasteiger charge is -2.08. The van der Waals surface area contributed by atoms with Gasteiger partial charge in [0.25, 0.3) is 0 Å². The van der Waals surface area contributed by atoms with E-state index in [1.165, 1.54) is 25.7 Å². The second kappa shape index (κ2) is 14.3. The number of hydrogen-bond donors (Lipinski definition) is 2. The second-order valence-corrected chi connectivity index (χ2v) is 6.87. The Labute approximate surface area is 138 Å². The van der Waals surface area contributed by atoms with Gasteiger partial charge in [-0.2, -0.15) is 0 Å². The predicted octanol–water partition coefficient (Wildman–Crippen LogP) is 3.16. The molecule has 0 aliphatic rings. The molecule has 0 spiro atoms. The molecule has 0 amide bonds. The lowest BCUT2D eigenvalue weighted by atomic mass is 10.1. The number of esters is 1. The van der Waals surface area contributed by atoms with E-state index in [1.807, 2.05) is 0 Å². The average Bonchev–Trinajstić information content (AvgIpc) is 2.46. The van der Waals surface area contributed by atoms with Crippen LogP contribution in [0.5, 0.6) is 0 Å². The molecule has 0 fully saturated rings. The molecule has 0 aromatic rings. The van der Waals surface area contributed by atoms with E-state index in [-0.39, 0.29) is 19.2 Å². The second-order valence-electron chi connectivity index (χ2n) is 4.93. The number of carbonyl (C=O) groups excluding carboxylic acids is 1. The monoisotopic (exact) mass is 416 g/mol. The maximum Gasteiger partial charge on any atom is 0.305 e. The summed E-state index contributed by atoms with van der Waals surface area (Å²) in [6, 6.07) is 0. The largest absolute Gasteiger partial charge is 0.463 e. The van der Waals surface area contributed by atoms with Crippen molar-refractivity contribution in [1.82, 2.24) is 0 Å². The van der Waals surface area contributed by atoms with Crippen molar-refractivity contribution >= 4 is 37.8 Å². The van der Waals surface area contributed by atoms with Crippen LogP contribution in [-0.4, -0.2) is 45.7 Å². The molecule has 0 saturated heterocycles. The number of aliphatic hydroxyl groups excluding tert-OH is 2. The zero-order valence-electron chi connectivity index (χ0n) is 11.9. The van der Waals surface area contributed by atoms with Crippen LogP contribution in [0.15, 0.2) is 0 Å². The third-order valence-electron chi connectivity index (χ3n) is 2.96. The molecule has 4 nitrogen and oxygen atoms in total. The van der Waals surface area contributed by atoms with Crippen LogP contribution in [-0.2, 0) is 9.53 Å². The summed E-state index contributed by atoms with van der Waals surface area (Å²) in [5.74, 6) is -0.294. The van der Waals surface area contributed by atoms with Gasteiger partial charge in [-0.3, -0.25) is 4.79 Å². The lowest BCUT2D eigenvalue weighted by Crippen LogP contribution is -2.21. The molecule has 0 saturated carbocycles. The summed E-state index contributed by atoms with van der Waals surface area (Å²) in [6.07, 6.45) is 7.33. The normalized spacial score (nSPS) is 14.0. The summed E-state index contributed by atoms with van der Waals surface area (Å²) in [7, 11) is 0. The fourth-order valence-corrected chi connectivity index (χ4v) is 2.38. The van der Waals surface area contributed by atoms with Crippen LogP contribution in [0.1, 0.15) is 51.4 Å². The predicted molar refractivity (Wildman–Crippen MR) is 87.5 cm³/mol. The van der Waals surface area contributed by atoms with E-state index in [2.05, 4.69) is 31.9 Å². The Hall–Kier alpha value is 0.350. The molecule has 120 valence electrons. The molecule has 0 bridgehead atoms. The molecule has 0 aliphatic carbocycles. The molecule has 0 aromatic carbocycles. The molecule has 2 N–H and O–H groups in total. The Balaban J connectivity index is 3.25. The zero-order chi connectivity index (χ0) is 15.2. The number of halogens is 2. The van der Waals surface area contributed by atoms with Crippen molar-refractivity contribution < 1.29 is 19.7 Å². The van der Waals surface area contributed by atoms with Crippen LogP contribution in [0.3, 0.4) is 0 Å². The highest BCUT2D eigenvalue weighted by molar-refractivity contribution is 9.12. The Bertz CT molecular complexity index is 239. The van der Waals surface area contributed by atoms with E-state index in [9.17, 15) is 4.79 Å². The summed E-state index contributed by atoms with van der Waals surface area (Å²) >= 11 is 7.02. The van der Waals surface area contributed by atoms with Gasteiger partial charge in [-0.05, 0) is 12.8 Å². The van der Waals surface area contributed by atoms with Gasteiger partial charge in [-0.15, -0.1) is 0 Å². The number of aliphatic hydroxyl groups is 2. The number of ether oxygens (including phenoxy) is 1. The van der Waals surface area contributed by atoms with Crippen LogP contribution in [0.25, 0.3) is 0 Å². The quantitative estimate of drug-likeness (QED) is 0.274. The standard InChI is InChI=1S/C14H26Br2O4/c15-9-12(16)7-5-3-1-2-4-6-8-14(19)20-11-13(18)10-17/h12-13,17-18H,1-11H2. The number of carbonyl (C=O) groups is 1. The summed E-state index contributed by atoms with van der Waals surface area (Å²) in [5, 5.41) is 18.6. The summed E-state index contributed by atoms with van der Waals surface area (Å²) in [5.41, 5.74) is 0. The van der Waals surface area contributed by atoms with Gasteiger partial charge in [0.05, 0.1) is 6.61 Å². The molecule has 0 aliphatic heterocycles. The molecular formula is C14H26Br2O4. The van der Waals surface area contributed by atoms with Crippen LogP contribution in [0.4, 0.5) is 0 Å². The molecule has 0 heterocycles. The Morgan fingerprint density at radius 2 is 1.70 bits per heavy atom. The van der Waals surface area contributed by atoms with Crippen LogP contribution >= 0.6 is 31.9 Å². The minimum atomic E-state index is -0.961. The first-order valence-electron chi connectivity index (χ1n) is 7.24. The minimum Gasteiger partial charge on any atom is -0.463 e. The molecular weight excluding hydrogens is 392 g/mol. The van der Waals surface area contributed by atoms with Crippen molar-refractivity contribution in [2.24, 2.45) is 0 Å². The van der Waals surface area contributed by atoms with E-state index >= 15 is 0 Å². The maximum atomic E-state index is 11.3. The highest BCUT2D eigenvalue weighted by Crippen LogP contribution is 2.15. The topological polar surface area (TPSA) is 66.8 Å². The third kappa shape index (κ3) is 13.3. The highest BCUT2D eigenvalue weighted by Gasteiger charge is 2.07. The SMILES string of the molecule is O=C(CCCCCCCCC(Br)CBr)OCC(O)CO. The Morgan fingerprint density at radius 1 is 1.10 bits per heavy atom. The van der Waals surface area contributed by atoms with Gasteiger partial charge in [-0.1, -0.05) is 64.0 Å². The molecule has 0 aromatic heterocycles. The van der Waals surface area contributed by atoms with E-state index in [0.29, 0.717) is 11.2 Å². The number of unbranched alkanes of at least 4 members (excludes halogenated alkanes) is 5. The van der Waals surface area contributed by atoms with Gasteiger partial charge in [0.15, 0.2) is 0 Å². The van der Waals surface area contributed by atoms with Crippen LogP contribution < -0.4 is 0 Å². The van der Waals surface area contributed by atoms with Crippen molar-refractivity contribution in [2.45, 2.75) is 62.3 Å². The van der Waals surface area contributed by atoms with Crippen LogP contribution in [0.2, 0.25) is 0 Å². The van der Waals surface area contributed by atoms with Crippen molar-refractivity contribution in [3.63, 3.8) is 0 Å². The fourth-order valence-electron chi connectivity index (χ4n) is 1.73. The molecule has 20 heavy (non-hydrogen) atoms. The van der Waals surface area contributed by atoms with E-state index < -0.39 is 6.10 Å². The first-order chi connectivity index (χ1) is 9.60. The van der Waals surface area contributed by atoms with Crippen molar-refractivity contribution in [3.05, 3.63) is 0 Å². The summed E-state index contributed by atoms with van der Waals surface area (Å²) in [4.78, 5) is 11.9. The Kier molecular flexibility index (Phi) is 14.5. The zero-order valence-corrected chi connectivity index (χ0v) is 15.1. The molecule has 2 atom stereocenters. The fraction of sp³-hybridized carbons (Fsp3) is 0.929. The van der Waals surface area contributed by atoms with Gasteiger partial charge in [0, 0.05) is 16.6 Å². The summed E-state index contributed by atoms with van der Waals surface area (Å²) in [6.45, 7) is -0.492. The maximum absolute atomic E-state index is 11.3. The van der Waals surface area contributed by atoms with E-state index in [0.717, 1.165) is 24.6 Å². The lowest BCUT2D eigenvalue weighted by molar-refractivity contribution is -0.147. The first kappa shape index (κ1) is 20.3. The van der Waals surface area contributed by atoms with Gasteiger partial charge >= 0.3 is 5.97 Å². The molecule has 0 rings (SSSR count). The smallest absolute Gasteiger partial charge is 0.305 e. The Morgan fingerprint density at radius 3 is 2.30 bits per heavy atom. The van der Waals surface area contributed by atoms with E-state index in [4.69, 9.17) is 14.9 Å².